The predicted molar refractivity (Wildman–Crippen MR) is 132 cm³/mol. The Labute approximate surface area is 193 Å². The van der Waals surface area contributed by atoms with E-state index in [9.17, 15) is 9.59 Å². The number of carbonyl (C=O) groups excluding carboxylic acids is 1. The average Bonchev–Trinajstić information content (AvgIpc) is 3.04. The third-order valence-electron chi connectivity index (χ3n) is 6.04. The molecule has 0 bridgehead atoms. The molecule has 0 aliphatic carbocycles. The van der Waals surface area contributed by atoms with Gasteiger partial charge in [-0.25, -0.2) is 4.79 Å². The van der Waals surface area contributed by atoms with Crippen molar-refractivity contribution in [3.63, 3.8) is 0 Å². The third-order valence-corrected chi connectivity index (χ3v) is 6.04. The summed E-state index contributed by atoms with van der Waals surface area (Å²) < 4.78 is 2.12. The van der Waals surface area contributed by atoms with Gasteiger partial charge in [-0.3, -0.25) is 4.79 Å². The smallest absolute Gasteiger partial charge is 0.328 e. The Hall–Kier alpha value is -2.62. The van der Waals surface area contributed by atoms with E-state index in [0.29, 0.717) is 13.0 Å². The first kappa shape index (κ1) is 25.6. The molecule has 0 aliphatic rings. The number of unbranched alkanes of at least 4 members (excludes halogenated alkanes) is 8. The van der Waals surface area contributed by atoms with E-state index in [0.717, 1.165) is 46.9 Å². The normalized spacial score (nSPS) is 11.3. The summed E-state index contributed by atoms with van der Waals surface area (Å²) >= 11 is 0. The summed E-state index contributed by atoms with van der Waals surface area (Å²) in [5.74, 6) is -0.706. The monoisotopic (exact) mass is 437 g/mol. The number of rotatable bonds is 15. The highest BCUT2D eigenvalue weighted by atomic mass is 16.4. The molecular formula is C28H39NO3. The van der Waals surface area contributed by atoms with Crippen LogP contribution in [0.3, 0.4) is 0 Å². The summed E-state index contributed by atoms with van der Waals surface area (Å²) in [4.78, 5) is 23.6. The van der Waals surface area contributed by atoms with Crippen molar-refractivity contribution in [3.8, 4) is 0 Å². The van der Waals surface area contributed by atoms with Crippen LogP contribution >= 0.6 is 0 Å². The number of aromatic nitrogens is 1. The van der Waals surface area contributed by atoms with Crippen molar-refractivity contribution in [2.75, 3.05) is 0 Å². The van der Waals surface area contributed by atoms with E-state index >= 15 is 0 Å². The van der Waals surface area contributed by atoms with Gasteiger partial charge in [0, 0.05) is 36.5 Å². The lowest BCUT2D eigenvalue weighted by atomic mass is 10.0. The van der Waals surface area contributed by atoms with E-state index in [1.807, 2.05) is 38.1 Å². The molecule has 0 saturated heterocycles. The topological polar surface area (TPSA) is 59.3 Å². The second-order valence-corrected chi connectivity index (χ2v) is 8.82. The molecule has 0 unspecified atom stereocenters. The maximum Gasteiger partial charge on any atom is 0.328 e. The zero-order valence-corrected chi connectivity index (χ0v) is 20.0. The molecule has 2 aromatic rings. The minimum Gasteiger partial charge on any atom is -0.478 e. The van der Waals surface area contributed by atoms with Crippen LogP contribution in [0.4, 0.5) is 0 Å². The van der Waals surface area contributed by atoms with E-state index in [-0.39, 0.29) is 5.78 Å². The summed E-state index contributed by atoms with van der Waals surface area (Å²) in [5, 5.41) is 8.82. The van der Waals surface area contributed by atoms with Crippen LogP contribution in [0.5, 0.6) is 0 Å². The first-order valence-electron chi connectivity index (χ1n) is 12.1. The molecule has 1 heterocycles. The fourth-order valence-electron chi connectivity index (χ4n) is 4.29. The Morgan fingerprint density at radius 1 is 0.969 bits per heavy atom. The van der Waals surface area contributed by atoms with Gasteiger partial charge in [0.15, 0.2) is 5.78 Å². The second-order valence-electron chi connectivity index (χ2n) is 8.82. The summed E-state index contributed by atoms with van der Waals surface area (Å²) in [6, 6.07) is 7.82. The molecule has 1 aromatic carbocycles. The van der Waals surface area contributed by atoms with Crippen molar-refractivity contribution < 1.29 is 14.7 Å². The minimum absolute atomic E-state index is 0.250. The maximum absolute atomic E-state index is 12.9. The highest BCUT2D eigenvalue weighted by molar-refractivity contribution is 5.98. The van der Waals surface area contributed by atoms with Crippen molar-refractivity contribution in [2.45, 2.75) is 91.5 Å². The summed E-state index contributed by atoms with van der Waals surface area (Å²) in [5.41, 5.74) is 4.84. The second kappa shape index (κ2) is 13.7. The number of ketones is 1. The van der Waals surface area contributed by atoms with Crippen LogP contribution in [-0.4, -0.2) is 21.4 Å². The van der Waals surface area contributed by atoms with Crippen LogP contribution in [0.15, 0.2) is 36.5 Å². The molecule has 0 radical (unpaired) electrons. The number of carboxylic acids is 1. The third kappa shape index (κ3) is 8.49. The van der Waals surface area contributed by atoms with Crippen LogP contribution < -0.4 is 0 Å². The number of Topliss-reactive ketones (excluding diaryl/α,β-unsaturated/α-hetero) is 1. The van der Waals surface area contributed by atoms with Crippen molar-refractivity contribution >= 4 is 17.8 Å². The lowest BCUT2D eigenvalue weighted by Gasteiger charge is -2.09. The lowest BCUT2D eigenvalue weighted by Crippen LogP contribution is -2.05. The highest BCUT2D eigenvalue weighted by Gasteiger charge is 2.16. The summed E-state index contributed by atoms with van der Waals surface area (Å²) in [6.07, 6.45) is 16.7. The zero-order chi connectivity index (χ0) is 23.3. The van der Waals surface area contributed by atoms with Crippen LogP contribution in [-0.2, 0) is 11.3 Å². The first-order valence-corrected chi connectivity index (χ1v) is 12.1. The number of hydrogen-bond donors (Lipinski definition) is 1. The lowest BCUT2D eigenvalue weighted by molar-refractivity contribution is -0.131. The Balaban J connectivity index is 1.87. The molecule has 0 aliphatic heterocycles. The quantitative estimate of drug-likeness (QED) is 0.180. The van der Waals surface area contributed by atoms with E-state index in [1.165, 1.54) is 44.9 Å². The standard InChI is InChI=1S/C28H39NO3/c1-4-5-6-7-8-9-10-11-12-16-26(30)28-22(2)20-29(23(28)3)21-25-15-13-14-24(19-25)17-18-27(31)32/h13-15,17-20H,4-12,16,21H2,1-3H3,(H,31,32)/b18-17+. The van der Waals surface area contributed by atoms with Gasteiger partial charge in [-0.15, -0.1) is 0 Å². The average molecular weight is 438 g/mol. The van der Waals surface area contributed by atoms with E-state index < -0.39 is 5.97 Å². The van der Waals surface area contributed by atoms with Gasteiger partial charge in [-0.05, 0) is 49.1 Å². The van der Waals surface area contributed by atoms with Crippen LogP contribution in [0.25, 0.3) is 6.08 Å². The van der Waals surface area contributed by atoms with E-state index in [2.05, 4.69) is 17.7 Å². The molecule has 174 valence electrons. The van der Waals surface area contributed by atoms with Gasteiger partial charge in [0.1, 0.15) is 0 Å². The Bertz CT molecular complexity index is 907. The Morgan fingerprint density at radius 2 is 1.62 bits per heavy atom. The van der Waals surface area contributed by atoms with E-state index in [1.54, 1.807) is 6.08 Å². The van der Waals surface area contributed by atoms with Crippen LogP contribution in [0.2, 0.25) is 0 Å². The zero-order valence-electron chi connectivity index (χ0n) is 20.0. The van der Waals surface area contributed by atoms with Gasteiger partial charge in [0.2, 0.25) is 0 Å². The molecule has 32 heavy (non-hydrogen) atoms. The number of benzene rings is 1. The summed E-state index contributed by atoms with van der Waals surface area (Å²) in [7, 11) is 0. The van der Waals surface area contributed by atoms with Crippen molar-refractivity contribution in [3.05, 3.63) is 64.5 Å². The van der Waals surface area contributed by atoms with Gasteiger partial charge in [-0.2, -0.15) is 0 Å². The molecule has 0 amide bonds. The molecule has 1 N–H and O–H groups in total. The van der Waals surface area contributed by atoms with Crippen LogP contribution in [0.1, 0.15) is 104 Å². The van der Waals surface area contributed by atoms with Crippen molar-refractivity contribution in [2.24, 2.45) is 0 Å². The number of nitrogens with zero attached hydrogens (tertiary/aromatic N) is 1. The van der Waals surface area contributed by atoms with Gasteiger partial charge < -0.3 is 9.67 Å². The SMILES string of the molecule is CCCCCCCCCCCC(=O)c1c(C)cn(Cc2cccc(/C=C/C(=O)O)c2)c1C. The summed E-state index contributed by atoms with van der Waals surface area (Å²) in [6.45, 7) is 6.94. The maximum atomic E-state index is 12.9. The van der Waals surface area contributed by atoms with Crippen molar-refractivity contribution in [1.82, 2.24) is 4.57 Å². The Kier molecular flexibility index (Phi) is 11.0. The number of carboxylic acid groups (broad SMARTS) is 1. The molecule has 0 atom stereocenters. The van der Waals surface area contributed by atoms with Gasteiger partial charge in [0.25, 0.3) is 0 Å². The predicted octanol–water partition coefficient (Wildman–Crippen LogP) is 7.35. The fourth-order valence-corrected chi connectivity index (χ4v) is 4.29. The largest absolute Gasteiger partial charge is 0.478 e. The molecule has 1 aromatic heterocycles. The molecule has 0 spiro atoms. The molecule has 2 rings (SSSR count). The van der Waals surface area contributed by atoms with Crippen LogP contribution in [0, 0.1) is 13.8 Å². The van der Waals surface area contributed by atoms with Gasteiger partial charge >= 0.3 is 5.97 Å². The fraction of sp³-hybridized carbons (Fsp3) is 0.500. The minimum atomic E-state index is -0.956. The molecule has 0 saturated carbocycles. The molecule has 4 heteroatoms. The molecular weight excluding hydrogens is 398 g/mol. The van der Waals surface area contributed by atoms with Gasteiger partial charge in [-0.1, -0.05) is 76.5 Å². The number of aliphatic carboxylic acids is 1. The van der Waals surface area contributed by atoms with Crippen molar-refractivity contribution in [1.29, 1.82) is 0 Å². The Morgan fingerprint density at radius 3 is 2.28 bits per heavy atom. The number of carbonyl (C=O) groups is 2. The molecule has 0 fully saturated rings. The number of hydrogen-bond acceptors (Lipinski definition) is 2. The van der Waals surface area contributed by atoms with E-state index in [4.69, 9.17) is 5.11 Å². The number of aryl methyl sites for hydroxylation is 1. The van der Waals surface area contributed by atoms with Gasteiger partial charge in [0.05, 0.1) is 0 Å². The first-order chi connectivity index (χ1) is 15.4. The molecule has 4 nitrogen and oxygen atoms in total. The highest BCUT2D eigenvalue weighted by Crippen LogP contribution is 2.21.